The average Bonchev–Trinajstić information content (AvgIpc) is 3.12. The summed E-state index contributed by atoms with van der Waals surface area (Å²) in [6.45, 7) is 19.3. The maximum atomic E-state index is 13.0. The van der Waals surface area contributed by atoms with Crippen LogP contribution in [0.25, 0.3) is 0 Å². The first-order chi connectivity index (χ1) is 18.8. The van der Waals surface area contributed by atoms with E-state index in [-0.39, 0.29) is 39.8 Å². The van der Waals surface area contributed by atoms with Crippen LogP contribution >= 0.6 is 0 Å². The van der Waals surface area contributed by atoms with Gasteiger partial charge in [0.1, 0.15) is 6.10 Å². The lowest BCUT2D eigenvalue weighted by atomic mass is 9.40. The van der Waals surface area contributed by atoms with Gasteiger partial charge in [0.05, 0.1) is 11.7 Å². The van der Waals surface area contributed by atoms with Crippen molar-refractivity contribution in [1.29, 1.82) is 0 Å². The minimum absolute atomic E-state index is 0.0779. The third kappa shape index (κ3) is 4.52. The Hall–Kier alpha value is -1.61. The highest BCUT2D eigenvalue weighted by Gasteiger charge is 2.68. The van der Waals surface area contributed by atoms with E-state index in [9.17, 15) is 9.90 Å². The van der Waals surface area contributed by atoms with Gasteiger partial charge in [0, 0.05) is 10.8 Å². The molecule has 3 nitrogen and oxygen atoms in total. The van der Waals surface area contributed by atoms with Crippen molar-refractivity contribution >= 4 is 5.97 Å². The van der Waals surface area contributed by atoms with Crippen molar-refractivity contribution in [3.8, 4) is 0 Å². The van der Waals surface area contributed by atoms with E-state index in [4.69, 9.17) is 4.74 Å². The predicted octanol–water partition coefficient (Wildman–Crippen LogP) is 9.25. The van der Waals surface area contributed by atoms with E-state index < -0.39 is 0 Å². The van der Waals surface area contributed by atoms with E-state index in [1.807, 2.05) is 30.3 Å². The summed E-state index contributed by atoms with van der Waals surface area (Å²) in [7, 11) is 0. The van der Waals surface area contributed by atoms with Crippen LogP contribution in [0.3, 0.4) is 0 Å². The largest absolute Gasteiger partial charge is 0.458 e. The van der Waals surface area contributed by atoms with Gasteiger partial charge in [-0.3, -0.25) is 0 Å². The smallest absolute Gasteiger partial charge is 0.338 e. The number of ether oxygens (including phenoxy) is 1. The van der Waals surface area contributed by atoms with E-state index in [2.05, 4.69) is 61.5 Å². The second-order valence-corrected chi connectivity index (χ2v) is 15.9. The van der Waals surface area contributed by atoms with E-state index in [1.165, 1.54) is 32.1 Å². The van der Waals surface area contributed by atoms with Gasteiger partial charge in [-0.25, -0.2) is 4.79 Å². The van der Waals surface area contributed by atoms with E-state index in [1.54, 1.807) is 5.57 Å². The van der Waals surface area contributed by atoms with E-state index in [0.29, 0.717) is 29.2 Å². The van der Waals surface area contributed by atoms with Gasteiger partial charge in [-0.05, 0) is 91.1 Å². The van der Waals surface area contributed by atoms with Crippen LogP contribution in [0, 0.1) is 51.2 Å². The van der Waals surface area contributed by atoms with Gasteiger partial charge >= 0.3 is 5.97 Å². The Morgan fingerprint density at radius 3 is 2.38 bits per heavy atom. The molecule has 3 fully saturated rings. The van der Waals surface area contributed by atoms with Crippen LogP contribution in [0.2, 0.25) is 0 Å². The van der Waals surface area contributed by atoms with Crippen molar-refractivity contribution in [1.82, 2.24) is 0 Å². The monoisotopic (exact) mass is 548 g/mol. The molecule has 1 aromatic rings. The number of aliphatic hydroxyl groups excluding tert-OH is 1. The van der Waals surface area contributed by atoms with Crippen LogP contribution in [0.1, 0.15) is 124 Å². The topological polar surface area (TPSA) is 46.5 Å². The highest BCUT2D eigenvalue weighted by atomic mass is 16.5. The fraction of sp³-hybridized carbons (Fsp3) is 0.757. The SMILES string of the molecule is CC(C)CCC[C@@H](C)[C@H]1C[C@H](O)[C@@]2(C)C3=CC[C@H]4C(C)(C)[C@@H](OC(=O)c5ccccc5)CC[C@]4(C)[C@H]3CC[C@]12C. The van der Waals surface area contributed by atoms with E-state index >= 15 is 0 Å². The highest BCUT2D eigenvalue weighted by Crippen LogP contribution is 2.73. The molecular formula is C37H56O3. The molecule has 0 aromatic heterocycles. The number of carbonyl (C=O) groups excluding carboxylic acids is 1. The average molecular weight is 549 g/mol. The number of esters is 1. The molecule has 1 N–H and O–H groups in total. The molecule has 4 aliphatic carbocycles. The Labute approximate surface area is 244 Å². The fourth-order valence-corrected chi connectivity index (χ4v) is 10.7. The van der Waals surface area contributed by atoms with Gasteiger partial charge < -0.3 is 9.84 Å². The number of carbonyl (C=O) groups is 1. The first kappa shape index (κ1) is 29.9. The number of aliphatic hydroxyl groups is 1. The molecule has 0 amide bonds. The Kier molecular flexibility index (Phi) is 7.90. The fourth-order valence-electron chi connectivity index (χ4n) is 10.7. The lowest BCUT2D eigenvalue weighted by molar-refractivity contribution is -0.140. The summed E-state index contributed by atoms with van der Waals surface area (Å²) in [5, 5.41) is 11.9. The summed E-state index contributed by atoms with van der Waals surface area (Å²) < 4.78 is 6.23. The lowest BCUT2D eigenvalue weighted by Crippen LogP contribution is -2.59. The quantitative estimate of drug-likeness (QED) is 0.273. The molecule has 5 rings (SSSR count). The molecule has 0 radical (unpaired) electrons. The highest BCUT2D eigenvalue weighted by molar-refractivity contribution is 5.89. The van der Waals surface area contributed by atoms with Crippen molar-refractivity contribution in [2.45, 2.75) is 125 Å². The maximum absolute atomic E-state index is 13.0. The van der Waals surface area contributed by atoms with Gasteiger partial charge in [0.15, 0.2) is 0 Å². The molecule has 40 heavy (non-hydrogen) atoms. The number of benzene rings is 1. The lowest BCUT2D eigenvalue weighted by Gasteiger charge is -2.64. The molecule has 3 heteroatoms. The molecule has 0 aliphatic heterocycles. The Morgan fingerprint density at radius 2 is 1.70 bits per heavy atom. The van der Waals surface area contributed by atoms with Gasteiger partial charge in [-0.15, -0.1) is 0 Å². The van der Waals surface area contributed by atoms with Crippen LogP contribution in [-0.2, 0) is 4.74 Å². The molecule has 0 bridgehead atoms. The van der Waals surface area contributed by atoms with Gasteiger partial charge in [0.2, 0.25) is 0 Å². The van der Waals surface area contributed by atoms with Crippen LogP contribution in [0.5, 0.6) is 0 Å². The predicted molar refractivity (Wildman–Crippen MR) is 164 cm³/mol. The van der Waals surface area contributed by atoms with E-state index in [0.717, 1.165) is 31.6 Å². The molecule has 222 valence electrons. The number of hydrogen-bond acceptors (Lipinski definition) is 3. The standard InChI is InChI=1S/C37H56O3/c1-24(2)13-12-14-25(3)29-23-31(38)37(8)28-17-18-30-34(4,5)32(40-33(39)26-15-10-9-11-16-26)20-21-35(30,6)27(28)19-22-36(29,37)7/h9-11,15-17,24-25,27,29-32,38H,12-14,18-23H2,1-8H3/t25-,27+,29-,30+,31+,32+,35-,36-,37-/m1/s1. The molecule has 0 saturated heterocycles. The summed E-state index contributed by atoms with van der Waals surface area (Å²) in [5.41, 5.74) is 2.26. The maximum Gasteiger partial charge on any atom is 0.338 e. The molecule has 0 spiro atoms. The molecule has 1 aromatic carbocycles. The Morgan fingerprint density at radius 1 is 1.00 bits per heavy atom. The molecule has 0 heterocycles. The number of hydrogen-bond donors (Lipinski definition) is 1. The zero-order valence-corrected chi connectivity index (χ0v) is 26.6. The van der Waals surface area contributed by atoms with Crippen LogP contribution in [0.4, 0.5) is 0 Å². The first-order valence-corrected chi connectivity index (χ1v) is 16.4. The summed E-state index contributed by atoms with van der Waals surface area (Å²) in [4.78, 5) is 13.0. The van der Waals surface area contributed by atoms with Crippen molar-refractivity contribution in [3.05, 3.63) is 47.5 Å². The molecule has 4 aliphatic rings. The molecule has 0 unspecified atom stereocenters. The molecule has 9 atom stereocenters. The van der Waals surface area contributed by atoms with Crippen molar-refractivity contribution < 1.29 is 14.6 Å². The first-order valence-electron chi connectivity index (χ1n) is 16.4. The van der Waals surface area contributed by atoms with Gasteiger partial charge in [0.25, 0.3) is 0 Å². The molecule has 3 saturated carbocycles. The summed E-state index contributed by atoms with van der Waals surface area (Å²) in [6, 6.07) is 9.44. The minimum atomic E-state index is -0.263. The second-order valence-electron chi connectivity index (χ2n) is 15.9. The third-order valence-electron chi connectivity index (χ3n) is 13.3. The van der Waals surface area contributed by atoms with Gasteiger partial charge in [-0.1, -0.05) is 105 Å². The zero-order chi connectivity index (χ0) is 29.1. The third-order valence-corrected chi connectivity index (χ3v) is 13.3. The Balaban J connectivity index is 1.39. The summed E-state index contributed by atoms with van der Waals surface area (Å²) >= 11 is 0. The van der Waals surface area contributed by atoms with Crippen LogP contribution in [0.15, 0.2) is 42.0 Å². The number of fused-ring (bicyclic) bond motifs is 5. The Bertz CT molecular complexity index is 1100. The van der Waals surface area contributed by atoms with Gasteiger partial charge in [-0.2, -0.15) is 0 Å². The van der Waals surface area contributed by atoms with Crippen molar-refractivity contribution in [3.63, 3.8) is 0 Å². The molecular weight excluding hydrogens is 492 g/mol. The normalized spacial score (nSPS) is 41.0. The summed E-state index contributed by atoms with van der Waals surface area (Å²) in [6.07, 6.45) is 12.5. The van der Waals surface area contributed by atoms with Crippen LogP contribution in [-0.4, -0.2) is 23.3 Å². The van der Waals surface area contributed by atoms with Crippen molar-refractivity contribution in [2.75, 3.05) is 0 Å². The number of rotatable bonds is 7. The van der Waals surface area contributed by atoms with Crippen LogP contribution < -0.4 is 0 Å². The second kappa shape index (κ2) is 10.6. The minimum Gasteiger partial charge on any atom is -0.458 e. The summed E-state index contributed by atoms with van der Waals surface area (Å²) in [5.74, 6) is 2.75. The van der Waals surface area contributed by atoms with Crippen molar-refractivity contribution in [2.24, 2.45) is 51.2 Å². The zero-order valence-electron chi connectivity index (χ0n) is 26.6. The number of allylic oxidation sites excluding steroid dienone is 1.